The highest BCUT2D eigenvalue weighted by Gasteiger charge is 2.24. The molecule has 0 aliphatic carbocycles. The number of hydrogen-bond donors (Lipinski definition) is 0. The summed E-state index contributed by atoms with van der Waals surface area (Å²) in [5.41, 5.74) is 3.95. The molecule has 2 aromatic heterocycles. The van der Waals surface area contributed by atoms with Gasteiger partial charge in [0.2, 0.25) is 0 Å². The zero-order valence-corrected chi connectivity index (χ0v) is 18.7. The molecule has 0 unspecified atom stereocenters. The first-order chi connectivity index (χ1) is 12.9. The summed E-state index contributed by atoms with van der Waals surface area (Å²) in [6.45, 7) is 8.36. The Labute approximate surface area is 176 Å². The van der Waals surface area contributed by atoms with Gasteiger partial charge in [0.05, 0.1) is 10.2 Å². The third-order valence-corrected chi connectivity index (χ3v) is 5.54. The van der Waals surface area contributed by atoms with E-state index in [2.05, 4.69) is 36.0 Å². The average molecular weight is 422 g/mol. The number of anilines is 1. The molecule has 0 N–H and O–H groups in total. The Bertz CT molecular complexity index is 949. The molecular formula is C20H28ClN5OS. The average Bonchev–Trinajstić information content (AvgIpc) is 3.24. The summed E-state index contributed by atoms with van der Waals surface area (Å²) < 4.78 is 2.86. The van der Waals surface area contributed by atoms with Gasteiger partial charge >= 0.3 is 0 Å². The maximum Gasteiger partial charge on any atom is 0.278 e. The molecular weight excluding hydrogens is 394 g/mol. The van der Waals surface area contributed by atoms with Crippen molar-refractivity contribution in [3.63, 3.8) is 0 Å². The Morgan fingerprint density at radius 3 is 2.64 bits per heavy atom. The number of amides is 1. The summed E-state index contributed by atoms with van der Waals surface area (Å²) >= 11 is 1.58. The van der Waals surface area contributed by atoms with E-state index >= 15 is 0 Å². The van der Waals surface area contributed by atoms with Gasteiger partial charge in [0, 0.05) is 19.3 Å². The normalized spacial score (nSPS) is 11.1. The molecule has 3 rings (SSSR count). The minimum absolute atomic E-state index is 0. The molecule has 152 valence electrons. The first-order valence-corrected chi connectivity index (χ1v) is 10.1. The van der Waals surface area contributed by atoms with Gasteiger partial charge in [-0.2, -0.15) is 5.10 Å². The molecule has 28 heavy (non-hydrogen) atoms. The van der Waals surface area contributed by atoms with Crippen LogP contribution in [0.15, 0.2) is 24.4 Å². The molecule has 8 heteroatoms. The highest BCUT2D eigenvalue weighted by molar-refractivity contribution is 7.22. The van der Waals surface area contributed by atoms with Crippen molar-refractivity contribution in [3.05, 3.63) is 41.2 Å². The number of fused-ring (bicyclic) bond motifs is 1. The quantitative estimate of drug-likeness (QED) is 0.575. The van der Waals surface area contributed by atoms with E-state index in [4.69, 9.17) is 4.98 Å². The van der Waals surface area contributed by atoms with Gasteiger partial charge in [0.1, 0.15) is 5.69 Å². The number of rotatable bonds is 7. The first kappa shape index (κ1) is 22.3. The van der Waals surface area contributed by atoms with Gasteiger partial charge in [-0.3, -0.25) is 14.4 Å². The number of hydrogen-bond acceptors (Lipinski definition) is 5. The molecule has 0 atom stereocenters. The minimum atomic E-state index is -0.0402. The molecule has 0 bridgehead atoms. The summed E-state index contributed by atoms with van der Waals surface area (Å²) in [6.07, 6.45) is 2.56. The molecule has 0 radical (unpaired) electrons. The summed E-state index contributed by atoms with van der Waals surface area (Å²) in [7, 11) is 4.09. The SMILES string of the molecule is CCn1nccc1C(=O)N(CCCN(C)C)c1nc2c(C)cc(C)cc2s1.Cl. The summed E-state index contributed by atoms with van der Waals surface area (Å²) in [5, 5.41) is 5.01. The molecule has 0 aliphatic rings. The molecule has 0 fully saturated rings. The zero-order valence-electron chi connectivity index (χ0n) is 17.1. The predicted molar refractivity (Wildman–Crippen MR) is 119 cm³/mol. The fourth-order valence-electron chi connectivity index (χ4n) is 3.21. The molecule has 1 aromatic carbocycles. The summed E-state index contributed by atoms with van der Waals surface area (Å²) in [6, 6.07) is 6.06. The lowest BCUT2D eigenvalue weighted by molar-refractivity contribution is 0.0975. The maximum atomic E-state index is 13.3. The predicted octanol–water partition coefficient (Wildman–Crippen LogP) is 4.15. The topological polar surface area (TPSA) is 54.3 Å². The van der Waals surface area contributed by atoms with Crippen molar-refractivity contribution >= 4 is 45.0 Å². The van der Waals surface area contributed by atoms with Crippen molar-refractivity contribution in [3.8, 4) is 0 Å². The van der Waals surface area contributed by atoms with E-state index in [0.717, 1.165) is 33.9 Å². The van der Waals surface area contributed by atoms with Crippen LogP contribution in [0.2, 0.25) is 0 Å². The van der Waals surface area contributed by atoms with E-state index in [1.165, 1.54) is 5.56 Å². The molecule has 6 nitrogen and oxygen atoms in total. The molecule has 0 saturated heterocycles. The third-order valence-electron chi connectivity index (χ3n) is 4.52. The van der Waals surface area contributed by atoms with Crippen molar-refractivity contribution in [2.75, 3.05) is 32.1 Å². The second kappa shape index (κ2) is 9.49. The van der Waals surface area contributed by atoms with E-state index in [1.807, 2.05) is 25.9 Å². The molecule has 0 aliphatic heterocycles. The van der Waals surface area contributed by atoms with E-state index in [1.54, 1.807) is 28.3 Å². The number of aryl methyl sites for hydroxylation is 3. The van der Waals surface area contributed by atoms with Crippen LogP contribution < -0.4 is 4.90 Å². The highest BCUT2D eigenvalue weighted by Crippen LogP contribution is 2.32. The van der Waals surface area contributed by atoms with Crippen LogP contribution in [-0.4, -0.2) is 52.8 Å². The fourth-order valence-corrected chi connectivity index (χ4v) is 4.37. The number of thiazole rings is 1. The molecule has 1 amide bonds. The lowest BCUT2D eigenvalue weighted by atomic mass is 10.1. The number of halogens is 1. The molecule has 0 spiro atoms. The van der Waals surface area contributed by atoms with Gasteiger partial charge in [-0.25, -0.2) is 4.98 Å². The standard InChI is InChI=1S/C20H27N5OS.ClH/c1-6-25-16(8-9-21-25)19(26)24(11-7-10-23(4)5)20-22-18-15(3)12-14(2)13-17(18)27-20;/h8-9,12-13H,6-7,10-11H2,1-5H3;1H. The zero-order chi connectivity index (χ0) is 19.6. The highest BCUT2D eigenvalue weighted by atomic mass is 35.5. The largest absolute Gasteiger partial charge is 0.309 e. The van der Waals surface area contributed by atoms with Gasteiger partial charge in [-0.05, 0) is 71.1 Å². The number of aromatic nitrogens is 3. The van der Waals surface area contributed by atoms with E-state index in [0.29, 0.717) is 18.8 Å². The van der Waals surface area contributed by atoms with Crippen LogP contribution in [0.25, 0.3) is 10.2 Å². The van der Waals surface area contributed by atoms with Crippen molar-refractivity contribution in [1.82, 2.24) is 19.7 Å². The lowest BCUT2D eigenvalue weighted by Crippen LogP contribution is -2.34. The maximum absolute atomic E-state index is 13.3. The second-order valence-electron chi connectivity index (χ2n) is 7.07. The van der Waals surface area contributed by atoms with Crippen LogP contribution in [0.5, 0.6) is 0 Å². The van der Waals surface area contributed by atoms with Crippen LogP contribution in [-0.2, 0) is 6.54 Å². The monoisotopic (exact) mass is 421 g/mol. The van der Waals surface area contributed by atoms with Gasteiger partial charge in [-0.15, -0.1) is 12.4 Å². The van der Waals surface area contributed by atoms with Gasteiger partial charge in [-0.1, -0.05) is 17.4 Å². The van der Waals surface area contributed by atoms with Crippen molar-refractivity contribution in [2.24, 2.45) is 0 Å². The Morgan fingerprint density at radius 1 is 1.21 bits per heavy atom. The van der Waals surface area contributed by atoms with Gasteiger partial charge in [0.15, 0.2) is 5.13 Å². The van der Waals surface area contributed by atoms with Crippen molar-refractivity contribution in [1.29, 1.82) is 0 Å². The molecule has 0 saturated carbocycles. The Morgan fingerprint density at radius 2 is 1.96 bits per heavy atom. The first-order valence-electron chi connectivity index (χ1n) is 9.27. The van der Waals surface area contributed by atoms with Crippen LogP contribution in [0.1, 0.15) is 35.0 Å². The van der Waals surface area contributed by atoms with Crippen molar-refractivity contribution in [2.45, 2.75) is 33.7 Å². The third kappa shape index (κ3) is 4.71. The fraction of sp³-hybridized carbons (Fsp3) is 0.450. The molecule has 2 heterocycles. The van der Waals surface area contributed by atoms with Crippen LogP contribution in [0, 0.1) is 13.8 Å². The second-order valence-corrected chi connectivity index (χ2v) is 8.08. The summed E-state index contributed by atoms with van der Waals surface area (Å²) in [4.78, 5) is 22.1. The van der Waals surface area contributed by atoms with E-state index in [9.17, 15) is 4.79 Å². The lowest BCUT2D eigenvalue weighted by Gasteiger charge is -2.21. The van der Waals surface area contributed by atoms with E-state index < -0.39 is 0 Å². The Hall–Kier alpha value is -1.96. The number of nitrogens with zero attached hydrogens (tertiary/aromatic N) is 5. The van der Waals surface area contributed by atoms with Crippen molar-refractivity contribution < 1.29 is 4.79 Å². The van der Waals surface area contributed by atoms with Gasteiger partial charge < -0.3 is 4.90 Å². The Balaban J connectivity index is 0.00000280. The minimum Gasteiger partial charge on any atom is -0.309 e. The number of carbonyl (C=O) groups is 1. The van der Waals surface area contributed by atoms with Crippen LogP contribution in [0.3, 0.4) is 0 Å². The van der Waals surface area contributed by atoms with Crippen LogP contribution >= 0.6 is 23.7 Å². The Kier molecular flexibility index (Phi) is 7.57. The summed E-state index contributed by atoms with van der Waals surface area (Å²) in [5.74, 6) is -0.0402. The van der Waals surface area contributed by atoms with E-state index in [-0.39, 0.29) is 18.3 Å². The number of benzene rings is 1. The number of carbonyl (C=O) groups excluding carboxylic acids is 1. The smallest absolute Gasteiger partial charge is 0.278 e. The molecule has 3 aromatic rings. The van der Waals surface area contributed by atoms with Crippen LogP contribution in [0.4, 0.5) is 5.13 Å². The van der Waals surface area contributed by atoms with Gasteiger partial charge in [0.25, 0.3) is 5.91 Å².